The molecule has 2 N–H and O–H groups in total. The molecule has 0 radical (unpaired) electrons. The molecule has 0 saturated carbocycles. The summed E-state index contributed by atoms with van der Waals surface area (Å²) >= 11 is 0. The number of rotatable bonds is 4. The molecule has 1 heterocycles. The van der Waals surface area contributed by atoms with Gasteiger partial charge in [-0.15, -0.1) is 0 Å². The molecule has 0 fully saturated rings. The topological polar surface area (TPSA) is 127 Å². The smallest absolute Gasteiger partial charge is 0.330 e. The zero-order valence-corrected chi connectivity index (χ0v) is 14.6. The molecule has 10 heteroatoms. The highest BCUT2D eigenvalue weighted by molar-refractivity contribution is 7.91. The molecule has 1 aromatic heterocycles. The number of amides is 1. The van der Waals surface area contributed by atoms with Crippen molar-refractivity contribution in [2.75, 3.05) is 11.1 Å². The molecule has 25 heavy (non-hydrogen) atoms. The van der Waals surface area contributed by atoms with Gasteiger partial charge in [0, 0.05) is 20.3 Å². The molecular weight excluding hydrogens is 350 g/mol. The molecule has 0 aliphatic carbocycles. The number of hydrogen-bond acceptors (Lipinski definition) is 6. The fourth-order valence-electron chi connectivity index (χ4n) is 2.13. The van der Waals surface area contributed by atoms with Gasteiger partial charge in [0.2, 0.25) is 0 Å². The minimum absolute atomic E-state index is 0.0727. The maximum Gasteiger partial charge on any atom is 0.330 e. The lowest BCUT2D eigenvalue weighted by molar-refractivity contribution is 0.102. The van der Waals surface area contributed by atoms with Gasteiger partial charge in [0.25, 0.3) is 11.5 Å². The fourth-order valence-corrected chi connectivity index (χ4v) is 3.04. The van der Waals surface area contributed by atoms with Crippen LogP contribution in [0, 0.1) is 0 Å². The van der Waals surface area contributed by atoms with Crippen LogP contribution in [0.15, 0.2) is 38.9 Å². The number of hydrogen-bond donors (Lipinski definition) is 2. The SMILES string of the molecule is CCS(=O)(=O)c1ccc(O)c(NC(=O)c2cn(C)c(=O)n(C)c2=O)c1. The van der Waals surface area contributed by atoms with Crippen LogP contribution in [-0.2, 0) is 23.9 Å². The summed E-state index contributed by atoms with van der Waals surface area (Å²) in [6, 6.07) is 3.46. The van der Waals surface area contributed by atoms with Crippen molar-refractivity contribution >= 4 is 21.4 Å². The summed E-state index contributed by atoms with van der Waals surface area (Å²) in [5, 5.41) is 12.1. The Hall–Kier alpha value is -2.88. The van der Waals surface area contributed by atoms with Gasteiger partial charge in [-0.2, -0.15) is 0 Å². The molecule has 9 nitrogen and oxygen atoms in total. The summed E-state index contributed by atoms with van der Waals surface area (Å²) in [5.41, 5.74) is -1.89. The van der Waals surface area contributed by atoms with Crippen LogP contribution in [0.4, 0.5) is 5.69 Å². The quantitative estimate of drug-likeness (QED) is 0.723. The van der Waals surface area contributed by atoms with Gasteiger partial charge in [0.05, 0.1) is 16.3 Å². The van der Waals surface area contributed by atoms with Crippen molar-refractivity contribution in [1.82, 2.24) is 9.13 Å². The van der Waals surface area contributed by atoms with E-state index in [1.165, 1.54) is 27.1 Å². The average Bonchev–Trinajstić information content (AvgIpc) is 2.57. The van der Waals surface area contributed by atoms with Crippen LogP contribution in [-0.4, -0.2) is 34.3 Å². The number of aryl methyl sites for hydroxylation is 1. The maximum absolute atomic E-state index is 12.3. The zero-order valence-electron chi connectivity index (χ0n) is 13.8. The summed E-state index contributed by atoms with van der Waals surface area (Å²) in [7, 11) is -0.930. The second-order valence-electron chi connectivity index (χ2n) is 5.34. The van der Waals surface area contributed by atoms with Crippen molar-refractivity contribution in [3.05, 3.63) is 50.8 Å². The summed E-state index contributed by atoms with van der Waals surface area (Å²) in [6.45, 7) is 1.47. The molecule has 0 atom stereocenters. The number of aromatic nitrogens is 2. The molecule has 0 bridgehead atoms. The van der Waals surface area contributed by atoms with Crippen molar-refractivity contribution in [2.24, 2.45) is 14.1 Å². The second kappa shape index (κ2) is 6.55. The van der Waals surface area contributed by atoms with E-state index in [0.717, 1.165) is 27.5 Å². The molecule has 0 aliphatic heterocycles. The van der Waals surface area contributed by atoms with Gasteiger partial charge >= 0.3 is 5.69 Å². The largest absolute Gasteiger partial charge is 0.506 e. The number of phenolic OH excluding ortho intramolecular Hbond substituents is 1. The predicted octanol–water partition coefficient (Wildman–Crippen LogP) is -0.165. The number of sulfone groups is 1. The van der Waals surface area contributed by atoms with Crippen molar-refractivity contribution < 1.29 is 18.3 Å². The number of anilines is 1. The summed E-state index contributed by atoms with van der Waals surface area (Å²) in [4.78, 5) is 36.0. The van der Waals surface area contributed by atoms with E-state index in [9.17, 15) is 27.9 Å². The first-order chi connectivity index (χ1) is 11.6. The Morgan fingerprint density at radius 3 is 2.48 bits per heavy atom. The number of nitrogens with zero attached hydrogens (tertiary/aromatic N) is 2. The van der Waals surface area contributed by atoms with E-state index in [2.05, 4.69) is 5.32 Å². The molecule has 0 spiro atoms. The molecule has 0 saturated heterocycles. The number of phenols is 1. The fraction of sp³-hybridized carbons (Fsp3) is 0.267. The summed E-state index contributed by atoms with van der Waals surface area (Å²) in [6.07, 6.45) is 1.07. The van der Waals surface area contributed by atoms with Crippen molar-refractivity contribution in [3.63, 3.8) is 0 Å². The highest BCUT2D eigenvalue weighted by atomic mass is 32.2. The third-order valence-corrected chi connectivity index (χ3v) is 5.38. The third-order valence-electron chi connectivity index (χ3n) is 3.65. The lowest BCUT2D eigenvalue weighted by atomic mass is 10.2. The van der Waals surface area contributed by atoms with Gasteiger partial charge in [-0.05, 0) is 18.2 Å². The van der Waals surface area contributed by atoms with Gasteiger partial charge in [0.15, 0.2) is 9.84 Å². The van der Waals surface area contributed by atoms with Gasteiger partial charge in [-0.3, -0.25) is 14.2 Å². The van der Waals surface area contributed by atoms with E-state index >= 15 is 0 Å². The van der Waals surface area contributed by atoms with Gasteiger partial charge in [-0.1, -0.05) is 6.92 Å². The first kappa shape index (κ1) is 18.5. The molecular formula is C15H17N3O6S. The average molecular weight is 367 g/mol. The van der Waals surface area contributed by atoms with Crippen LogP contribution in [0.25, 0.3) is 0 Å². The van der Waals surface area contributed by atoms with E-state index in [1.807, 2.05) is 0 Å². The lowest BCUT2D eigenvalue weighted by Gasteiger charge is -2.10. The number of benzene rings is 1. The number of carbonyl (C=O) groups is 1. The van der Waals surface area contributed by atoms with Crippen LogP contribution < -0.4 is 16.6 Å². The van der Waals surface area contributed by atoms with Gasteiger partial charge < -0.3 is 15.0 Å². The molecule has 0 unspecified atom stereocenters. The van der Waals surface area contributed by atoms with Crippen molar-refractivity contribution in [1.29, 1.82) is 0 Å². The monoisotopic (exact) mass is 367 g/mol. The van der Waals surface area contributed by atoms with Crippen LogP contribution in [0.3, 0.4) is 0 Å². The van der Waals surface area contributed by atoms with Gasteiger partial charge in [-0.25, -0.2) is 13.2 Å². The van der Waals surface area contributed by atoms with Crippen molar-refractivity contribution in [3.8, 4) is 5.75 Å². The zero-order chi connectivity index (χ0) is 18.9. The Bertz CT molecular complexity index is 1070. The van der Waals surface area contributed by atoms with Crippen molar-refractivity contribution in [2.45, 2.75) is 11.8 Å². The van der Waals surface area contributed by atoms with Crippen LogP contribution in [0.5, 0.6) is 5.75 Å². The first-order valence-electron chi connectivity index (χ1n) is 7.22. The van der Waals surface area contributed by atoms with E-state index in [4.69, 9.17) is 0 Å². The standard InChI is InChI=1S/C15H17N3O6S/c1-4-25(23,24)9-5-6-12(19)11(7-9)16-13(20)10-8-17(2)15(22)18(3)14(10)21/h5-8,19H,4H2,1-3H3,(H,16,20). The van der Waals surface area contributed by atoms with Crippen LogP contribution in [0.1, 0.15) is 17.3 Å². The maximum atomic E-state index is 12.3. The van der Waals surface area contributed by atoms with E-state index in [0.29, 0.717) is 0 Å². The Morgan fingerprint density at radius 1 is 1.24 bits per heavy atom. The van der Waals surface area contributed by atoms with E-state index in [-0.39, 0.29) is 27.6 Å². The number of carbonyl (C=O) groups excluding carboxylic acids is 1. The second-order valence-corrected chi connectivity index (χ2v) is 7.62. The Morgan fingerprint density at radius 2 is 1.88 bits per heavy atom. The van der Waals surface area contributed by atoms with Gasteiger partial charge in [0.1, 0.15) is 11.3 Å². The lowest BCUT2D eigenvalue weighted by Crippen LogP contribution is -2.40. The minimum Gasteiger partial charge on any atom is -0.506 e. The minimum atomic E-state index is -3.54. The molecule has 1 amide bonds. The Balaban J connectivity index is 2.48. The van der Waals surface area contributed by atoms with Crippen LogP contribution >= 0.6 is 0 Å². The third kappa shape index (κ3) is 3.48. The highest BCUT2D eigenvalue weighted by Crippen LogP contribution is 2.27. The van der Waals surface area contributed by atoms with E-state index < -0.39 is 27.0 Å². The molecule has 0 aliphatic rings. The number of nitrogens with one attached hydrogen (secondary N) is 1. The summed E-state index contributed by atoms with van der Waals surface area (Å²) < 4.78 is 25.7. The Labute approximate surface area is 143 Å². The highest BCUT2D eigenvalue weighted by Gasteiger charge is 2.18. The first-order valence-corrected chi connectivity index (χ1v) is 8.87. The number of aromatic hydroxyl groups is 1. The normalized spacial score (nSPS) is 11.3. The van der Waals surface area contributed by atoms with Crippen LogP contribution in [0.2, 0.25) is 0 Å². The molecule has 1 aromatic carbocycles. The summed E-state index contributed by atoms with van der Waals surface area (Å²) in [5.74, 6) is -1.38. The molecule has 2 rings (SSSR count). The Kier molecular flexibility index (Phi) is 4.84. The molecule has 134 valence electrons. The predicted molar refractivity (Wildman–Crippen MR) is 90.7 cm³/mol. The molecule has 2 aromatic rings. The van der Waals surface area contributed by atoms with E-state index in [1.54, 1.807) is 0 Å².